The summed E-state index contributed by atoms with van der Waals surface area (Å²) in [6.07, 6.45) is 0.352. The third kappa shape index (κ3) is 4.43. The summed E-state index contributed by atoms with van der Waals surface area (Å²) in [6.45, 7) is 1.62. The lowest BCUT2D eigenvalue weighted by atomic mass is 10.2. The normalized spacial score (nSPS) is 11.8. The van der Waals surface area contributed by atoms with Gasteiger partial charge in [0.2, 0.25) is 0 Å². The Morgan fingerprint density at radius 1 is 1.11 bits per heavy atom. The summed E-state index contributed by atoms with van der Waals surface area (Å²) < 4.78 is 6.40. The number of fused-ring (bicyclic) bond motifs is 1. The Morgan fingerprint density at radius 3 is 2.54 bits per heavy atom. The molecule has 0 bridgehead atoms. The second-order valence-electron chi connectivity index (χ2n) is 6.51. The fraction of sp³-hybridized carbons (Fsp3) is 0.238. The highest BCUT2D eigenvalue weighted by molar-refractivity contribution is 5.83. The number of esters is 1. The molecule has 0 saturated heterocycles. The SMILES string of the molecule is CC(OC(=O)Cn1cnc2ccccc2c1=O)C(=O)N(C)Cc1ccccc1. The Labute approximate surface area is 162 Å². The summed E-state index contributed by atoms with van der Waals surface area (Å²) in [6, 6.07) is 16.4. The predicted octanol–water partition coefficient (Wildman–Crippen LogP) is 1.99. The van der Waals surface area contributed by atoms with Gasteiger partial charge < -0.3 is 9.64 Å². The molecule has 0 saturated carbocycles. The molecule has 1 unspecified atom stereocenters. The first-order chi connectivity index (χ1) is 13.5. The van der Waals surface area contributed by atoms with E-state index in [0.29, 0.717) is 17.4 Å². The third-order valence-corrected chi connectivity index (χ3v) is 4.33. The van der Waals surface area contributed by atoms with E-state index in [4.69, 9.17) is 4.74 Å². The third-order valence-electron chi connectivity index (χ3n) is 4.33. The molecule has 1 aromatic heterocycles. The van der Waals surface area contributed by atoms with Gasteiger partial charge in [0, 0.05) is 13.6 Å². The molecule has 7 nitrogen and oxygen atoms in total. The molecule has 3 rings (SSSR count). The van der Waals surface area contributed by atoms with Crippen LogP contribution < -0.4 is 5.56 Å². The molecule has 1 amide bonds. The van der Waals surface area contributed by atoms with Crippen molar-refractivity contribution in [1.82, 2.24) is 14.5 Å². The topological polar surface area (TPSA) is 81.5 Å². The van der Waals surface area contributed by atoms with E-state index >= 15 is 0 Å². The highest BCUT2D eigenvalue weighted by Gasteiger charge is 2.22. The number of amides is 1. The zero-order chi connectivity index (χ0) is 20.1. The van der Waals surface area contributed by atoms with Crippen molar-refractivity contribution < 1.29 is 14.3 Å². The molecule has 2 aromatic carbocycles. The molecule has 0 N–H and O–H groups in total. The van der Waals surface area contributed by atoms with Crippen LogP contribution in [0.3, 0.4) is 0 Å². The maximum absolute atomic E-state index is 12.4. The summed E-state index contributed by atoms with van der Waals surface area (Å²) in [4.78, 5) is 42.8. The van der Waals surface area contributed by atoms with Crippen LogP contribution in [0.2, 0.25) is 0 Å². The number of rotatable bonds is 6. The maximum Gasteiger partial charge on any atom is 0.326 e. The smallest absolute Gasteiger partial charge is 0.326 e. The first-order valence-electron chi connectivity index (χ1n) is 8.88. The molecular weight excluding hydrogens is 358 g/mol. The first kappa shape index (κ1) is 19.3. The quantitative estimate of drug-likeness (QED) is 0.612. The molecule has 7 heteroatoms. The average molecular weight is 379 g/mol. The van der Waals surface area contributed by atoms with Crippen LogP contribution in [0.4, 0.5) is 0 Å². The van der Waals surface area contributed by atoms with Crippen LogP contribution in [0.25, 0.3) is 10.9 Å². The Bertz CT molecular complexity index is 1050. The minimum absolute atomic E-state index is 0.309. The average Bonchev–Trinajstić information content (AvgIpc) is 2.70. The monoisotopic (exact) mass is 379 g/mol. The van der Waals surface area contributed by atoms with Crippen LogP contribution in [0.5, 0.6) is 0 Å². The van der Waals surface area contributed by atoms with Crippen LogP contribution in [0, 0.1) is 0 Å². The number of ether oxygens (including phenoxy) is 1. The number of benzene rings is 2. The van der Waals surface area contributed by atoms with E-state index in [-0.39, 0.29) is 18.0 Å². The molecular formula is C21H21N3O4. The lowest BCUT2D eigenvalue weighted by Crippen LogP contribution is -2.38. The Hall–Kier alpha value is -3.48. The summed E-state index contributed by atoms with van der Waals surface area (Å²) in [5, 5.41) is 0.421. The lowest BCUT2D eigenvalue weighted by molar-refractivity contribution is -0.159. The van der Waals surface area contributed by atoms with Gasteiger partial charge >= 0.3 is 5.97 Å². The summed E-state index contributed by atoms with van der Waals surface area (Å²) in [5.74, 6) is -0.991. The van der Waals surface area contributed by atoms with Gasteiger partial charge in [0.1, 0.15) is 6.54 Å². The molecule has 144 valence electrons. The number of aromatic nitrogens is 2. The van der Waals surface area contributed by atoms with Crippen molar-refractivity contribution in [1.29, 1.82) is 0 Å². The van der Waals surface area contributed by atoms with Gasteiger partial charge in [-0.1, -0.05) is 42.5 Å². The van der Waals surface area contributed by atoms with Crippen molar-refractivity contribution >= 4 is 22.8 Å². The minimum Gasteiger partial charge on any atom is -0.451 e. The van der Waals surface area contributed by atoms with Gasteiger partial charge in [-0.05, 0) is 24.6 Å². The van der Waals surface area contributed by atoms with Gasteiger partial charge in [-0.3, -0.25) is 19.0 Å². The lowest BCUT2D eigenvalue weighted by Gasteiger charge is -2.21. The molecule has 0 fully saturated rings. The summed E-state index contributed by atoms with van der Waals surface area (Å²) in [5.41, 5.74) is 1.21. The van der Waals surface area contributed by atoms with Crippen LogP contribution in [-0.4, -0.2) is 39.5 Å². The number of hydrogen-bond donors (Lipinski definition) is 0. The molecule has 0 aliphatic carbocycles. The number of hydrogen-bond acceptors (Lipinski definition) is 5. The fourth-order valence-electron chi connectivity index (χ4n) is 2.89. The second kappa shape index (κ2) is 8.47. The molecule has 1 atom stereocenters. The molecule has 0 spiro atoms. The Balaban J connectivity index is 1.62. The largest absolute Gasteiger partial charge is 0.451 e. The van der Waals surface area contributed by atoms with E-state index in [9.17, 15) is 14.4 Å². The maximum atomic E-state index is 12.4. The van der Waals surface area contributed by atoms with Gasteiger partial charge in [0.25, 0.3) is 11.5 Å². The highest BCUT2D eigenvalue weighted by Crippen LogP contribution is 2.07. The van der Waals surface area contributed by atoms with Crippen molar-refractivity contribution in [2.24, 2.45) is 0 Å². The zero-order valence-electron chi connectivity index (χ0n) is 15.7. The molecule has 3 aromatic rings. The second-order valence-corrected chi connectivity index (χ2v) is 6.51. The number of carbonyl (C=O) groups excluding carboxylic acids is 2. The number of para-hydroxylation sites is 1. The Morgan fingerprint density at radius 2 is 1.79 bits per heavy atom. The van der Waals surface area contributed by atoms with E-state index in [2.05, 4.69) is 4.98 Å². The van der Waals surface area contributed by atoms with Crippen molar-refractivity contribution in [2.45, 2.75) is 26.1 Å². The summed E-state index contributed by atoms with van der Waals surface area (Å²) >= 11 is 0. The predicted molar refractivity (Wildman–Crippen MR) is 104 cm³/mol. The highest BCUT2D eigenvalue weighted by atomic mass is 16.5. The van der Waals surface area contributed by atoms with Crippen molar-refractivity contribution in [3.8, 4) is 0 Å². The minimum atomic E-state index is -0.953. The Kier molecular flexibility index (Phi) is 5.84. The van der Waals surface area contributed by atoms with Crippen molar-refractivity contribution in [3.63, 3.8) is 0 Å². The van der Waals surface area contributed by atoms with E-state index in [0.717, 1.165) is 5.56 Å². The summed E-state index contributed by atoms with van der Waals surface area (Å²) in [7, 11) is 1.65. The molecule has 0 aliphatic rings. The van der Waals surface area contributed by atoms with Crippen LogP contribution >= 0.6 is 0 Å². The number of nitrogens with zero attached hydrogens (tertiary/aromatic N) is 3. The molecule has 1 heterocycles. The molecule has 0 radical (unpaired) electrons. The number of likely N-dealkylation sites (N-methyl/N-ethyl adjacent to an activating group) is 1. The number of carbonyl (C=O) groups is 2. The van der Waals surface area contributed by atoms with Crippen molar-refractivity contribution in [3.05, 3.63) is 76.8 Å². The first-order valence-corrected chi connectivity index (χ1v) is 8.88. The van der Waals surface area contributed by atoms with Gasteiger partial charge in [-0.25, -0.2) is 4.98 Å². The molecule has 0 aliphatic heterocycles. The van der Waals surface area contributed by atoms with Crippen molar-refractivity contribution in [2.75, 3.05) is 7.05 Å². The van der Waals surface area contributed by atoms with Crippen LogP contribution in [-0.2, 0) is 27.4 Å². The van der Waals surface area contributed by atoms with E-state index in [1.54, 1.807) is 31.3 Å². The van der Waals surface area contributed by atoms with E-state index in [1.807, 2.05) is 30.3 Å². The fourth-order valence-corrected chi connectivity index (χ4v) is 2.89. The standard InChI is InChI=1S/C21H21N3O4/c1-15(20(26)23(2)12-16-8-4-3-5-9-16)28-19(25)13-24-14-22-18-11-7-6-10-17(18)21(24)27/h3-11,14-15H,12-13H2,1-2H3. The van der Waals surface area contributed by atoms with Gasteiger partial charge in [0.15, 0.2) is 6.10 Å². The van der Waals surface area contributed by atoms with Gasteiger partial charge in [-0.2, -0.15) is 0 Å². The van der Waals surface area contributed by atoms with Crippen LogP contribution in [0.1, 0.15) is 12.5 Å². The van der Waals surface area contributed by atoms with E-state index < -0.39 is 12.1 Å². The van der Waals surface area contributed by atoms with Gasteiger partial charge in [-0.15, -0.1) is 0 Å². The zero-order valence-corrected chi connectivity index (χ0v) is 15.7. The van der Waals surface area contributed by atoms with Crippen LogP contribution in [0.15, 0.2) is 65.7 Å². The molecule has 28 heavy (non-hydrogen) atoms. The van der Waals surface area contributed by atoms with E-state index in [1.165, 1.54) is 22.7 Å². The van der Waals surface area contributed by atoms with Gasteiger partial charge in [0.05, 0.1) is 17.2 Å².